The van der Waals surface area contributed by atoms with E-state index in [-0.39, 0.29) is 17.5 Å². The summed E-state index contributed by atoms with van der Waals surface area (Å²) in [5, 5.41) is 9.13. The molecule has 3 rings (SSSR count). The summed E-state index contributed by atoms with van der Waals surface area (Å²) in [6.45, 7) is -1.37. The van der Waals surface area contributed by atoms with E-state index in [1.165, 1.54) is 11.1 Å². The average molecular weight is 430 g/mol. The molecule has 0 aliphatic heterocycles. The fraction of sp³-hybridized carbons (Fsp3) is 0.190. The van der Waals surface area contributed by atoms with E-state index in [1.54, 1.807) is 60.7 Å². The highest BCUT2D eigenvalue weighted by Crippen LogP contribution is 2.30. The molecule has 5 nitrogen and oxygen atoms in total. The highest BCUT2D eigenvalue weighted by atomic mass is 32.2. The van der Waals surface area contributed by atoms with Crippen LogP contribution in [0.15, 0.2) is 72.0 Å². The van der Waals surface area contributed by atoms with Gasteiger partial charge in [-0.1, -0.05) is 60.3 Å². The van der Waals surface area contributed by atoms with Gasteiger partial charge in [0.25, 0.3) is 0 Å². The lowest BCUT2D eigenvalue weighted by Gasteiger charge is -2.19. The van der Waals surface area contributed by atoms with E-state index >= 15 is 0 Å². The summed E-state index contributed by atoms with van der Waals surface area (Å²) < 4.78 is 40.6. The van der Waals surface area contributed by atoms with Crippen LogP contribution in [0, 0.1) is 11.3 Å². The molecule has 3 aromatic rings. The van der Waals surface area contributed by atoms with Crippen molar-refractivity contribution in [3.63, 3.8) is 0 Å². The van der Waals surface area contributed by atoms with Gasteiger partial charge in [-0.05, 0) is 17.7 Å². The van der Waals surface area contributed by atoms with Gasteiger partial charge in [0, 0.05) is 5.69 Å². The third kappa shape index (κ3) is 5.42. The first kappa shape index (κ1) is 21.5. The molecule has 0 atom stereocenters. The van der Waals surface area contributed by atoms with Crippen LogP contribution in [-0.2, 0) is 11.3 Å². The maximum absolute atomic E-state index is 13.2. The normalized spacial score (nSPS) is 11.1. The van der Waals surface area contributed by atoms with Gasteiger partial charge in [-0.15, -0.1) is 0 Å². The molecule has 1 aromatic heterocycles. The van der Waals surface area contributed by atoms with E-state index in [0.717, 1.165) is 16.3 Å². The highest BCUT2D eigenvalue weighted by molar-refractivity contribution is 7.99. The predicted molar refractivity (Wildman–Crippen MR) is 109 cm³/mol. The summed E-state index contributed by atoms with van der Waals surface area (Å²) >= 11 is 0.911. The van der Waals surface area contributed by atoms with Gasteiger partial charge in [-0.25, -0.2) is 4.98 Å². The number of nitrogens with zero attached hydrogens (tertiary/aromatic N) is 4. The number of hydrogen-bond donors (Lipinski definition) is 0. The van der Waals surface area contributed by atoms with Crippen molar-refractivity contribution in [2.75, 3.05) is 17.2 Å². The van der Waals surface area contributed by atoms with E-state index in [4.69, 9.17) is 5.26 Å². The first-order valence-corrected chi connectivity index (χ1v) is 9.90. The molecular weight excluding hydrogens is 413 g/mol. The van der Waals surface area contributed by atoms with E-state index < -0.39 is 18.6 Å². The molecule has 0 saturated carbocycles. The summed E-state index contributed by atoms with van der Waals surface area (Å²) in [7, 11) is 0. The Morgan fingerprint density at radius 3 is 2.33 bits per heavy atom. The molecule has 0 radical (unpaired) electrons. The van der Waals surface area contributed by atoms with Gasteiger partial charge in [0.15, 0.2) is 5.16 Å². The Balaban J connectivity index is 1.83. The number of amides is 1. The van der Waals surface area contributed by atoms with Crippen LogP contribution < -0.4 is 4.90 Å². The van der Waals surface area contributed by atoms with Crippen LogP contribution in [0.3, 0.4) is 0 Å². The molecule has 0 unspecified atom stereocenters. The SMILES string of the molecule is N#CCN(C(=O)CSc1ncc(-c2ccccc2)n1CC(F)(F)F)c1ccccc1. The zero-order chi connectivity index (χ0) is 21.6. The van der Waals surface area contributed by atoms with Gasteiger partial charge < -0.3 is 4.57 Å². The molecule has 9 heteroatoms. The molecule has 0 N–H and O–H groups in total. The number of halogens is 3. The predicted octanol–water partition coefficient (Wildman–Crippen LogP) is 4.76. The van der Waals surface area contributed by atoms with E-state index in [1.807, 2.05) is 6.07 Å². The molecule has 0 aliphatic carbocycles. The Hall–Kier alpha value is -3.25. The van der Waals surface area contributed by atoms with Crippen LogP contribution in [0.25, 0.3) is 11.3 Å². The molecule has 0 aliphatic rings. The van der Waals surface area contributed by atoms with E-state index in [2.05, 4.69) is 4.98 Å². The van der Waals surface area contributed by atoms with Crippen LogP contribution in [0.4, 0.5) is 18.9 Å². The summed E-state index contributed by atoms with van der Waals surface area (Å²) in [4.78, 5) is 18.1. The molecule has 1 heterocycles. The highest BCUT2D eigenvalue weighted by Gasteiger charge is 2.31. The van der Waals surface area contributed by atoms with Crippen LogP contribution in [0.5, 0.6) is 0 Å². The van der Waals surface area contributed by atoms with Crippen molar-refractivity contribution in [2.24, 2.45) is 0 Å². The van der Waals surface area contributed by atoms with Gasteiger partial charge >= 0.3 is 6.18 Å². The average Bonchev–Trinajstić information content (AvgIpc) is 3.12. The fourth-order valence-electron chi connectivity index (χ4n) is 2.85. The summed E-state index contributed by atoms with van der Waals surface area (Å²) in [6.07, 6.45) is -3.07. The Kier molecular flexibility index (Phi) is 6.79. The Bertz CT molecular complexity index is 1030. The summed E-state index contributed by atoms with van der Waals surface area (Å²) in [5.41, 5.74) is 1.47. The number of thioether (sulfide) groups is 1. The van der Waals surface area contributed by atoms with Crippen molar-refractivity contribution < 1.29 is 18.0 Å². The van der Waals surface area contributed by atoms with Gasteiger partial charge in [0.1, 0.15) is 13.1 Å². The summed E-state index contributed by atoms with van der Waals surface area (Å²) in [5.74, 6) is -0.546. The minimum absolute atomic E-state index is 0.0875. The van der Waals surface area contributed by atoms with Crippen LogP contribution in [0.1, 0.15) is 0 Å². The van der Waals surface area contributed by atoms with Gasteiger partial charge in [-0.3, -0.25) is 9.69 Å². The second-order valence-electron chi connectivity index (χ2n) is 6.26. The van der Waals surface area contributed by atoms with Crippen molar-refractivity contribution in [1.82, 2.24) is 9.55 Å². The van der Waals surface area contributed by atoms with Crippen LogP contribution in [0.2, 0.25) is 0 Å². The number of para-hydroxylation sites is 1. The second kappa shape index (κ2) is 9.50. The Labute approximate surface area is 175 Å². The smallest absolute Gasteiger partial charge is 0.310 e. The number of anilines is 1. The number of carbonyl (C=O) groups is 1. The number of benzene rings is 2. The number of rotatable bonds is 7. The quantitative estimate of drug-likeness (QED) is 0.401. The van der Waals surface area contributed by atoms with E-state index in [0.29, 0.717) is 16.9 Å². The van der Waals surface area contributed by atoms with Crippen LogP contribution in [-0.4, -0.2) is 33.9 Å². The van der Waals surface area contributed by atoms with E-state index in [9.17, 15) is 18.0 Å². The lowest BCUT2D eigenvalue weighted by Crippen LogP contribution is -2.32. The Morgan fingerprint density at radius 1 is 1.10 bits per heavy atom. The van der Waals surface area contributed by atoms with Crippen molar-refractivity contribution in [3.8, 4) is 17.3 Å². The minimum atomic E-state index is -4.44. The van der Waals surface area contributed by atoms with Gasteiger partial charge in [-0.2, -0.15) is 18.4 Å². The van der Waals surface area contributed by atoms with Crippen molar-refractivity contribution >= 4 is 23.4 Å². The first-order chi connectivity index (χ1) is 14.4. The third-order valence-electron chi connectivity index (χ3n) is 4.15. The number of hydrogen-bond acceptors (Lipinski definition) is 4. The fourth-order valence-corrected chi connectivity index (χ4v) is 3.71. The third-order valence-corrected chi connectivity index (χ3v) is 5.12. The molecule has 154 valence electrons. The largest absolute Gasteiger partial charge is 0.406 e. The zero-order valence-corrected chi connectivity index (χ0v) is 16.5. The first-order valence-electron chi connectivity index (χ1n) is 8.92. The van der Waals surface area contributed by atoms with Crippen molar-refractivity contribution in [2.45, 2.75) is 17.9 Å². The number of alkyl halides is 3. The van der Waals surface area contributed by atoms with Crippen molar-refractivity contribution in [3.05, 3.63) is 66.9 Å². The van der Waals surface area contributed by atoms with Gasteiger partial charge in [0.2, 0.25) is 5.91 Å². The number of imidazole rings is 1. The lowest BCUT2D eigenvalue weighted by molar-refractivity contribution is -0.141. The zero-order valence-electron chi connectivity index (χ0n) is 15.7. The molecule has 30 heavy (non-hydrogen) atoms. The topological polar surface area (TPSA) is 61.9 Å². The van der Waals surface area contributed by atoms with Gasteiger partial charge in [0.05, 0.1) is 23.7 Å². The lowest BCUT2D eigenvalue weighted by atomic mass is 10.2. The summed E-state index contributed by atoms with van der Waals surface area (Å²) in [6, 6.07) is 19.2. The molecule has 0 fully saturated rings. The molecule has 2 aromatic carbocycles. The Morgan fingerprint density at radius 2 is 1.73 bits per heavy atom. The molecule has 0 bridgehead atoms. The maximum atomic E-state index is 13.2. The minimum Gasteiger partial charge on any atom is -0.310 e. The number of aromatic nitrogens is 2. The second-order valence-corrected chi connectivity index (χ2v) is 7.20. The molecule has 0 saturated heterocycles. The monoisotopic (exact) mass is 430 g/mol. The standard InChI is InChI=1S/C21H17F3N4OS/c22-21(23,24)15-28-18(16-7-3-1-4-8-16)13-26-20(28)30-14-19(29)27(12-11-25)17-9-5-2-6-10-17/h1-10,13H,12,14-15H2. The molecule has 1 amide bonds. The molecule has 0 spiro atoms. The number of nitriles is 1. The van der Waals surface area contributed by atoms with Crippen LogP contribution >= 0.6 is 11.8 Å². The maximum Gasteiger partial charge on any atom is 0.406 e. The molecular formula is C21H17F3N4OS. The van der Waals surface area contributed by atoms with Crippen molar-refractivity contribution in [1.29, 1.82) is 5.26 Å². The number of carbonyl (C=O) groups excluding carboxylic acids is 1.